The number of esters is 1. The molecule has 0 spiro atoms. The molecule has 1 heterocycles. The third-order valence-electron chi connectivity index (χ3n) is 3.84. The summed E-state index contributed by atoms with van der Waals surface area (Å²) in [6, 6.07) is 8.00. The summed E-state index contributed by atoms with van der Waals surface area (Å²) in [5, 5.41) is 12.2. The Morgan fingerprint density at radius 2 is 1.96 bits per heavy atom. The second-order valence-corrected chi connectivity index (χ2v) is 6.53. The molecule has 0 amide bonds. The Morgan fingerprint density at radius 3 is 2.67 bits per heavy atom. The van der Waals surface area contributed by atoms with Crippen LogP contribution in [-0.4, -0.2) is 10.9 Å². The quantitative estimate of drug-likeness (QED) is 0.269. The second-order valence-electron chi connectivity index (χ2n) is 5.68. The van der Waals surface area contributed by atoms with Crippen LogP contribution in [0.2, 0.25) is 10.0 Å². The van der Waals surface area contributed by atoms with Gasteiger partial charge in [0.25, 0.3) is 5.69 Å². The first-order valence-corrected chi connectivity index (χ1v) is 8.36. The van der Waals surface area contributed by atoms with E-state index in [1.54, 1.807) is 19.1 Å². The van der Waals surface area contributed by atoms with Gasteiger partial charge in [0.05, 0.1) is 4.92 Å². The summed E-state index contributed by atoms with van der Waals surface area (Å²) in [7, 11) is 0. The Labute approximate surface area is 162 Å². The molecule has 0 bridgehead atoms. The summed E-state index contributed by atoms with van der Waals surface area (Å²) < 4.78 is 10.3. The Hall–Kier alpha value is -2.90. The number of hydrogen-bond donors (Lipinski definition) is 0. The molecule has 138 valence electrons. The summed E-state index contributed by atoms with van der Waals surface area (Å²) in [4.78, 5) is 34.4. The van der Waals surface area contributed by atoms with E-state index in [0.29, 0.717) is 21.6 Å². The van der Waals surface area contributed by atoms with Crippen molar-refractivity contribution in [1.29, 1.82) is 0 Å². The third-order valence-corrected chi connectivity index (χ3v) is 4.49. The highest BCUT2D eigenvalue weighted by Crippen LogP contribution is 2.27. The Balaban J connectivity index is 1.94. The van der Waals surface area contributed by atoms with Crippen LogP contribution in [0.5, 0.6) is 0 Å². The fourth-order valence-electron chi connectivity index (χ4n) is 2.52. The van der Waals surface area contributed by atoms with Crippen LogP contribution in [0.15, 0.2) is 45.6 Å². The van der Waals surface area contributed by atoms with Gasteiger partial charge < -0.3 is 9.15 Å². The fraction of sp³-hybridized carbons (Fsp3) is 0.111. The van der Waals surface area contributed by atoms with Crippen LogP contribution in [0.3, 0.4) is 0 Å². The number of rotatable bonds is 4. The number of aryl methyl sites for hydroxylation is 1. The van der Waals surface area contributed by atoms with Crippen LogP contribution >= 0.6 is 23.2 Å². The van der Waals surface area contributed by atoms with Crippen LogP contribution < -0.4 is 5.63 Å². The number of carbonyl (C=O) groups is 1. The van der Waals surface area contributed by atoms with Gasteiger partial charge in [-0.05, 0) is 36.8 Å². The number of halogens is 2. The number of nitro benzene ring substituents is 1. The molecule has 9 heteroatoms. The largest absolute Gasteiger partial charge is 0.457 e. The minimum Gasteiger partial charge on any atom is -0.457 e. The minimum absolute atomic E-state index is 0.120. The lowest BCUT2D eigenvalue weighted by atomic mass is 10.1. The molecule has 2 aromatic carbocycles. The van der Waals surface area contributed by atoms with Gasteiger partial charge in [-0.15, -0.1) is 0 Å². The highest BCUT2D eigenvalue weighted by atomic mass is 35.5. The van der Waals surface area contributed by atoms with Gasteiger partial charge in [-0.3, -0.25) is 10.1 Å². The van der Waals surface area contributed by atoms with E-state index in [-0.39, 0.29) is 17.2 Å². The third kappa shape index (κ3) is 3.94. The van der Waals surface area contributed by atoms with Crippen molar-refractivity contribution in [2.24, 2.45) is 0 Å². The van der Waals surface area contributed by atoms with E-state index in [4.69, 9.17) is 32.4 Å². The molecule has 0 saturated carbocycles. The lowest BCUT2D eigenvalue weighted by Crippen LogP contribution is -2.10. The minimum atomic E-state index is -0.919. The summed E-state index contributed by atoms with van der Waals surface area (Å²) in [6.45, 7) is 1.47. The molecular weight excluding hydrogens is 397 g/mol. The molecule has 27 heavy (non-hydrogen) atoms. The number of nitro groups is 1. The van der Waals surface area contributed by atoms with Gasteiger partial charge >= 0.3 is 11.6 Å². The Bertz CT molecular complexity index is 1140. The first-order chi connectivity index (χ1) is 12.8. The Kier molecular flexibility index (Phi) is 5.16. The van der Waals surface area contributed by atoms with E-state index < -0.39 is 22.2 Å². The van der Waals surface area contributed by atoms with E-state index in [9.17, 15) is 19.7 Å². The normalized spacial score (nSPS) is 10.8. The predicted molar refractivity (Wildman–Crippen MR) is 99.5 cm³/mol. The van der Waals surface area contributed by atoms with Gasteiger partial charge in [-0.25, -0.2) is 9.59 Å². The van der Waals surface area contributed by atoms with Gasteiger partial charge in [-0.2, -0.15) is 0 Å². The summed E-state index contributed by atoms with van der Waals surface area (Å²) >= 11 is 11.8. The van der Waals surface area contributed by atoms with E-state index in [1.807, 2.05) is 0 Å². The van der Waals surface area contributed by atoms with Crippen molar-refractivity contribution >= 4 is 45.8 Å². The number of hydrogen-bond acceptors (Lipinski definition) is 6. The molecule has 7 nitrogen and oxygen atoms in total. The van der Waals surface area contributed by atoms with E-state index in [0.717, 1.165) is 11.6 Å². The van der Waals surface area contributed by atoms with Crippen molar-refractivity contribution in [3.63, 3.8) is 0 Å². The molecule has 0 aliphatic heterocycles. The molecular formula is C18H11Cl2NO6. The molecule has 0 unspecified atom stereocenters. The van der Waals surface area contributed by atoms with E-state index >= 15 is 0 Å². The maximum Gasteiger partial charge on any atom is 0.345 e. The molecule has 0 aliphatic rings. The highest BCUT2D eigenvalue weighted by Gasteiger charge is 2.22. The monoisotopic (exact) mass is 407 g/mol. The van der Waals surface area contributed by atoms with Gasteiger partial charge in [0.1, 0.15) is 17.8 Å². The van der Waals surface area contributed by atoms with Crippen molar-refractivity contribution in [2.75, 3.05) is 0 Å². The van der Waals surface area contributed by atoms with Crippen molar-refractivity contribution in [2.45, 2.75) is 13.5 Å². The standard InChI is InChI=1S/C18H11Cl2NO6/c1-9-4-16-13(7-14(9)20)10(5-17(22)27-16)8-26-18(23)12-3-2-11(19)6-15(12)21(24)25/h2-7H,8H2,1H3. The number of ether oxygens (including phenoxy) is 1. The number of carbonyl (C=O) groups excluding carboxylic acids is 1. The number of benzene rings is 2. The molecule has 0 radical (unpaired) electrons. The molecule has 0 fully saturated rings. The average Bonchev–Trinajstić information content (AvgIpc) is 2.60. The lowest BCUT2D eigenvalue weighted by Gasteiger charge is -2.09. The lowest BCUT2D eigenvalue weighted by molar-refractivity contribution is -0.385. The van der Waals surface area contributed by atoms with Crippen LogP contribution in [-0.2, 0) is 11.3 Å². The van der Waals surface area contributed by atoms with E-state index in [1.165, 1.54) is 18.2 Å². The molecule has 1 aromatic heterocycles. The van der Waals surface area contributed by atoms with Crippen LogP contribution in [0.1, 0.15) is 21.5 Å². The summed E-state index contributed by atoms with van der Waals surface area (Å²) in [5.41, 5.74) is 0.0567. The maximum absolute atomic E-state index is 12.3. The summed E-state index contributed by atoms with van der Waals surface area (Å²) in [5.74, 6) is -0.919. The van der Waals surface area contributed by atoms with Crippen molar-refractivity contribution in [3.05, 3.63) is 83.7 Å². The van der Waals surface area contributed by atoms with Gasteiger partial charge in [0.2, 0.25) is 0 Å². The van der Waals surface area contributed by atoms with Crippen LogP contribution in [0.25, 0.3) is 11.0 Å². The first-order valence-electron chi connectivity index (χ1n) is 7.60. The van der Waals surface area contributed by atoms with Crippen molar-refractivity contribution in [3.8, 4) is 0 Å². The Morgan fingerprint density at radius 1 is 1.22 bits per heavy atom. The highest BCUT2D eigenvalue weighted by molar-refractivity contribution is 6.32. The summed E-state index contributed by atoms with van der Waals surface area (Å²) in [6.07, 6.45) is 0. The number of fused-ring (bicyclic) bond motifs is 1. The fourth-order valence-corrected chi connectivity index (χ4v) is 2.85. The molecule has 0 atom stereocenters. The van der Waals surface area contributed by atoms with Crippen molar-refractivity contribution < 1.29 is 18.9 Å². The zero-order chi connectivity index (χ0) is 19.7. The molecule has 3 rings (SSSR count). The number of nitrogens with zero attached hydrogens (tertiary/aromatic N) is 1. The molecule has 0 N–H and O–H groups in total. The maximum atomic E-state index is 12.3. The van der Waals surface area contributed by atoms with Crippen LogP contribution in [0.4, 0.5) is 5.69 Å². The average molecular weight is 408 g/mol. The van der Waals surface area contributed by atoms with Crippen molar-refractivity contribution in [1.82, 2.24) is 0 Å². The first kappa shape index (κ1) is 18.9. The topological polar surface area (TPSA) is 99.7 Å². The van der Waals surface area contributed by atoms with Gasteiger partial charge in [-0.1, -0.05) is 23.2 Å². The molecule has 0 saturated heterocycles. The molecule has 0 aliphatic carbocycles. The van der Waals surface area contributed by atoms with E-state index in [2.05, 4.69) is 0 Å². The second kappa shape index (κ2) is 7.38. The SMILES string of the molecule is Cc1cc2oc(=O)cc(COC(=O)c3ccc(Cl)cc3[N+](=O)[O-])c2cc1Cl. The zero-order valence-electron chi connectivity index (χ0n) is 13.8. The zero-order valence-corrected chi connectivity index (χ0v) is 15.3. The smallest absolute Gasteiger partial charge is 0.345 e. The van der Waals surface area contributed by atoms with Gasteiger partial charge in [0, 0.05) is 33.1 Å². The molecule has 3 aromatic rings. The van der Waals surface area contributed by atoms with Gasteiger partial charge in [0.15, 0.2) is 0 Å². The van der Waals surface area contributed by atoms with Crippen LogP contribution in [0, 0.1) is 17.0 Å². The predicted octanol–water partition coefficient (Wildman–Crippen LogP) is 4.67.